The molecule has 1 atom stereocenters. The maximum absolute atomic E-state index is 11.6. The molecule has 1 N–H and O–H groups in total. The molecule has 1 aromatic rings. The van der Waals surface area contributed by atoms with Gasteiger partial charge in [-0.25, -0.2) is 0 Å². The molecule has 20 heavy (non-hydrogen) atoms. The molecular weight excluding hydrogens is 250 g/mol. The number of imide groups is 1. The van der Waals surface area contributed by atoms with Gasteiger partial charge in [0.25, 0.3) is 0 Å². The molecule has 3 nitrogen and oxygen atoms in total. The summed E-state index contributed by atoms with van der Waals surface area (Å²) in [7, 11) is 0. The molecule has 2 rings (SSSR count). The molecule has 0 saturated carbocycles. The summed E-state index contributed by atoms with van der Waals surface area (Å²) in [5.74, 6) is -0.248. The van der Waals surface area contributed by atoms with E-state index in [4.69, 9.17) is 0 Å². The van der Waals surface area contributed by atoms with Crippen LogP contribution in [0.3, 0.4) is 0 Å². The lowest BCUT2D eigenvalue weighted by Gasteiger charge is -2.21. The van der Waals surface area contributed by atoms with Crippen LogP contribution in [0.2, 0.25) is 0 Å². The first kappa shape index (κ1) is 16.4. The molecule has 1 unspecified atom stereocenters. The number of nitrogens with one attached hydrogen (secondary N) is 1. The Labute approximate surface area is 121 Å². The van der Waals surface area contributed by atoms with Crippen molar-refractivity contribution >= 4 is 11.8 Å². The van der Waals surface area contributed by atoms with Crippen LogP contribution >= 0.6 is 0 Å². The average Bonchev–Trinajstić information content (AvgIpc) is 2.43. The fourth-order valence-corrected chi connectivity index (χ4v) is 2.41. The molecule has 1 aliphatic rings. The third kappa shape index (κ3) is 4.48. The minimum Gasteiger partial charge on any atom is -0.296 e. The van der Waals surface area contributed by atoms with Crippen molar-refractivity contribution in [3.8, 4) is 0 Å². The highest BCUT2D eigenvalue weighted by Gasteiger charge is 2.26. The minimum absolute atomic E-state index is 0.0115. The summed E-state index contributed by atoms with van der Waals surface area (Å²) in [6.07, 6.45) is 2.89. The average molecular weight is 275 g/mol. The second-order valence-corrected chi connectivity index (χ2v) is 5.12. The number of benzene rings is 1. The lowest BCUT2D eigenvalue weighted by atomic mass is 9.90. The van der Waals surface area contributed by atoms with Crippen LogP contribution in [-0.4, -0.2) is 11.8 Å². The molecule has 0 bridgehead atoms. The molecule has 0 spiro atoms. The van der Waals surface area contributed by atoms with Crippen molar-refractivity contribution in [3.05, 3.63) is 34.9 Å². The number of aryl methyl sites for hydroxylation is 3. The lowest BCUT2D eigenvalue weighted by Crippen LogP contribution is -2.40. The molecule has 1 aromatic carbocycles. The lowest BCUT2D eigenvalue weighted by molar-refractivity contribution is -0.136. The third-order valence-corrected chi connectivity index (χ3v) is 3.62. The first-order chi connectivity index (χ1) is 9.56. The Morgan fingerprint density at radius 3 is 2.55 bits per heavy atom. The maximum atomic E-state index is 11.6. The Balaban J connectivity index is 0.000000956. The van der Waals surface area contributed by atoms with Gasteiger partial charge in [-0.05, 0) is 44.2 Å². The van der Waals surface area contributed by atoms with Gasteiger partial charge >= 0.3 is 0 Å². The van der Waals surface area contributed by atoms with Gasteiger partial charge in [0.15, 0.2) is 0 Å². The van der Waals surface area contributed by atoms with Crippen LogP contribution < -0.4 is 5.32 Å². The Morgan fingerprint density at radius 2 is 1.90 bits per heavy atom. The molecule has 0 radical (unpaired) electrons. The highest BCUT2D eigenvalue weighted by Crippen LogP contribution is 2.20. The van der Waals surface area contributed by atoms with Gasteiger partial charge < -0.3 is 0 Å². The van der Waals surface area contributed by atoms with E-state index in [1.807, 2.05) is 13.8 Å². The summed E-state index contributed by atoms with van der Waals surface area (Å²) in [5, 5.41) is 2.41. The minimum atomic E-state index is -0.136. The zero-order valence-corrected chi connectivity index (χ0v) is 13.0. The van der Waals surface area contributed by atoms with Crippen molar-refractivity contribution in [1.29, 1.82) is 0 Å². The van der Waals surface area contributed by atoms with Gasteiger partial charge in [0.1, 0.15) is 0 Å². The predicted octanol–water partition coefficient (Wildman–Crippen LogP) is 3.32. The first-order valence-corrected chi connectivity index (χ1v) is 7.46. The summed E-state index contributed by atoms with van der Waals surface area (Å²) in [6, 6.07) is 6.40. The van der Waals surface area contributed by atoms with E-state index < -0.39 is 0 Å². The molecular formula is C17H25NO2. The van der Waals surface area contributed by atoms with Gasteiger partial charge in [-0.15, -0.1) is 0 Å². The summed E-state index contributed by atoms with van der Waals surface area (Å²) >= 11 is 0. The van der Waals surface area contributed by atoms with E-state index in [0.29, 0.717) is 12.8 Å². The highest BCUT2D eigenvalue weighted by atomic mass is 16.2. The van der Waals surface area contributed by atoms with Crippen LogP contribution in [0.4, 0.5) is 0 Å². The number of carbonyl (C=O) groups is 2. The summed E-state index contributed by atoms with van der Waals surface area (Å²) in [5.41, 5.74) is 3.83. The van der Waals surface area contributed by atoms with Crippen molar-refractivity contribution in [2.45, 2.75) is 53.4 Å². The van der Waals surface area contributed by atoms with Crippen molar-refractivity contribution in [2.24, 2.45) is 5.92 Å². The van der Waals surface area contributed by atoms with Crippen LogP contribution in [0, 0.1) is 19.8 Å². The fraction of sp³-hybridized carbons (Fsp3) is 0.529. The van der Waals surface area contributed by atoms with Crippen LogP contribution in [0.15, 0.2) is 18.2 Å². The number of amides is 2. The Kier molecular flexibility index (Phi) is 6.43. The number of hydrogen-bond donors (Lipinski definition) is 1. The van der Waals surface area contributed by atoms with Gasteiger partial charge in [0.05, 0.1) is 0 Å². The van der Waals surface area contributed by atoms with Gasteiger partial charge in [0, 0.05) is 12.3 Å². The van der Waals surface area contributed by atoms with Gasteiger partial charge in [-0.1, -0.05) is 37.6 Å². The standard InChI is InChI=1S/C15H19NO2.C2H6/c1-10-3-4-11(2)13(9-10)6-5-12-7-8-14(17)16-15(12)18;1-2/h3-4,9,12H,5-8H2,1-2H3,(H,16,17,18);1-2H3. The van der Waals surface area contributed by atoms with Crippen molar-refractivity contribution < 1.29 is 9.59 Å². The van der Waals surface area contributed by atoms with Crippen LogP contribution in [0.1, 0.15) is 49.8 Å². The molecule has 1 heterocycles. The molecule has 1 saturated heterocycles. The Bertz CT molecular complexity index is 480. The molecule has 0 aromatic heterocycles. The van der Waals surface area contributed by atoms with E-state index in [2.05, 4.69) is 37.4 Å². The van der Waals surface area contributed by atoms with Crippen LogP contribution in [0.25, 0.3) is 0 Å². The molecule has 3 heteroatoms. The number of hydrogen-bond acceptors (Lipinski definition) is 2. The molecule has 2 amide bonds. The van der Waals surface area contributed by atoms with Crippen molar-refractivity contribution in [2.75, 3.05) is 0 Å². The largest absolute Gasteiger partial charge is 0.296 e. The zero-order valence-electron chi connectivity index (χ0n) is 13.0. The van der Waals surface area contributed by atoms with Gasteiger partial charge in [0.2, 0.25) is 11.8 Å². The second-order valence-electron chi connectivity index (χ2n) is 5.12. The van der Waals surface area contributed by atoms with E-state index in [1.54, 1.807) is 0 Å². The van der Waals surface area contributed by atoms with E-state index in [9.17, 15) is 9.59 Å². The second kappa shape index (κ2) is 7.83. The topological polar surface area (TPSA) is 46.2 Å². The van der Waals surface area contributed by atoms with E-state index >= 15 is 0 Å². The van der Waals surface area contributed by atoms with Crippen molar-refractivity contribution in [3.63, 3.8) is 0 Å². The fourth-order valence-electron chi connectivity index (χ4n) is 2.41. The number of rotatable bonds is 3. The van der Waals surface area contributed by atoms with E-state index in [-0.39, 0.29) is 17.7 Å². The SMILES string of the molecule is CC.Cc1ccc(C)c(CCC2CCC(=O)NC2=O)c1. The summed E-state index contributed by atoms with van der Waals surface area (Å²) < 4.78 is 0. The normalized spacial score (nSPS) is 18.1. The Morgan fingerprint density at radius 1 is 1.20 bits per heavy atom. The summed E-state index contributed by atoms with van der Waals surface area (Å²) in [4.78, 5) is 22.7. The first-order valence-electron chi connectivity index (χ1n) is 7.46. The molecule has 0 aliphatic carbocycles. The number of piperidine rings is 1. The molecule has 1 fully saturated rings. The predicted molar refractivity (Wildman–Crippen MR) is 81.5 cm³/mol. The van der Waals surface area contributed by atoms with E-state index in [1.165, 1.54) is 16.7 Å². The molecule has 110 valence electrons. The highest BCUT2D eigenvalue weighted by molar-refractivity contribution is 5.98. The third-order valence-electron chi connectivity index (χ3n) is 3.62. The monoisotopic (exact) mass is 275 g/mol. The quantitative estimate of drug-likeness (QED) is 0.860. The van der Waals surface area contributed by atoms with Crippen molar-refractivity contribution in [1.82, 2.24) is 5.32 Å². The van der Waals surface area contributed by atoms with E-state index in [0.717, 1.165) is 12.8 Å². The molecule has 1 aliphatic heterocycles. The van der Waals surface area contributed by atoms with Gasteiger partial charge in [-0.3, -0.25) is 14.9 Å². The Hall–Kier alpha value is -1.64. The number of carbonyl (C=O) groups excluding carboxylic acids is 2. The summed E-state index contributed by atoms with van der Waals surface area (Å²) in [6.45, 7) is 8.17. The van der Waals surface area contributed by atoms with Crippen LogP contribution in [-0.2, 0) is 16.0 Å². The zero-order chi connectivity index (χ0) is 15.1. The maximum Gasteiger partial charge on any atom is 0.229 e. The van der Waals surface area contributed by atoms with Crippen LogP contribution in [0.5, 0.6) is 0 Å². The smallest absolute Gasteiger partial charge is 0.229 e. The van der Waals surface area contributed by atoms with Gasteiger partial charge in [-0.2, -0.15) is 0 Å².